The standard InChI is InChI=1S/C12H18O/c1-2-13-12-7-8-6-11(12)10-5-3-4-9(8)10/h3-4,8-12H,2,5-7H2,1H3/t8-,9+,10+,11-,12-/m0/s1. The maximum atomic E-state index is 5.82. The Morgan fingerprint density at radius 1 is 1.31 bits per heavy atom. The summed E-state index contributed by atoms with van der Waals surface area (Å²) in [6.45, 7) is 3.02. The highest BCUT2D eigenvalue weighted by Crippen LogP contribution is 2.58. The van der Waals surface area contributed by atoms with Gasteiger partial charge in [0.05, 0.1) is 6.10 Å². The summed E-state index contributed by atoms with van der Waals surface area (Å²) in [7, 11) is 0. The Bertz CT molecular complexity index is 201. The summed E-state index contributed by atoms with van der Waals surface area (Å²) in [5.41, 5.74) is 0. The molecule has 0 aliphatic heterocycles. The van der Waals surface area contributed by atoms with E-state index in [9.17, 15) is 0 Å². The predicted octanol–water partition coefficient (Wildman–Crippen LogP) is 2.48. The molecule has 1 nitrogen and oxygen atoms in total. The smallest absolute Gasteiger partial charge is 0.0608 e. The second-order valence-electron chi connectivity index (χ2n) is 4.79. The van der Waals surface area contributed by atoms with Crippen molar-refractivity contribution in [1.29, 1.82) is 0 Å². The Morgan fingerprint density at radius 3 is 3.08 bits per heavy atom. The summed E-state index contributed by atoms with van der Waals surface area (Å²) < 4.78 is 5.82. The number of ether oxygens (including phenoxy) is 1. The number of hydrogen-bond donors (Lipinski definition) is 0. The third kappa shape index (κ3) is 1.09. The first-order valence-corrected chi connectivity index (χ1v) is 5.68. The monoisotopic (exact) mass is 178 g/mol. The van der Waals surface area contributed by atoms with Crippen molar-refractivity contribution < 1.29 is 4.74 Å². The zero-order valence-corrected chi connectivity index (χ0v) is 8.28. The number of hydrogen-bond acceptors (Lipinski definition) is 1. The van der Waals surface area contributed by atoms with Gasteiger partial charge in [-0.2, -0.15) is 0 Å². The molecule has 1 heteroatoms. The van der Waals surface area contributed by atoms with Crippen LogP contribution in [0.2, 0.25) is 0 Å². The fourth-order valence-corrected chi connectivity index (χ4v) is 3.90. The van der Waals surface area contributed by atoms with Gasteiger partial charge in [0.2, 0.25) is 0 Å². The molecule has 72 valence electrons. The predicted molar refractivity (Wildman–Crippen MR) is 51.8 cm³/mol. The zero-order valence-electron chi connectivity index (χ0n) is 8.28. The molecule has 3 aliphatic carbocycles. The van der Waals surface area contributed by atoms with Gasteiger partial charge in [-0.3, -0.25) is 0 Å². The van der Waals surface area contributed by atoms with E-state index < -0.39 is 0 Å². The summed E-state index contributed by atoms with van der Waals surface area (Å²) in [4.78, 5) is 0. The van der Waals surface area contributed by atoms with E-state index in [1.54, 1.807) is 0 Å². The number of rotatable bonds is 2. The molecule has 5 atom stereocenters. The van der Waals surface area contributed by atoms with E-state index in [4.69, 9.17) is 4.74 Å². The van der Waals surface area contributed by atoms with Crippen LogP contribution in [0.15, 0.2) is 0 Å². The summed E-state index contributed by atoms with van der Waals surface area (Å²) in [6.07, 6.45) is 9.58. The van der Waals surface area contributed by atoms with E-state index in [-0.39, 0.29) is 0 Å². The molecule has 0 aromatic carbocycles. The molecule has 0 heterocycles. The van der Waals surface area contributed by atoms with Crippen molar-refractivity contribution >= 4 is 0 Å². The lowest BCUT2D eigenvalue weighted by molar-refractivity contribution is -0.00107. The van der Waals surface area contributed by atoms with Crippen LogP contribution in [0.4, 0.5) is 0 Å². The van der Waals surface area contributed by atoms with Gasteiger partial charge < -0.3 is 4.74 Å². The van der Waals surface area contributed by atoms with Gasteiger partial charge in [0, 0.05) is 6.61 Å². The number of fused-ring (bicyclic) bond motifs is 5. The second kappa shape index (κ2) is 2.98. The van der Waals surface area contributed by atoms with E-state index in [1.165, 1.54) is 19.3 Å². The molecule has 3 fully saturated rings. The van der Waals surface area contributed by atoms with Crippen molar-refractivity contribution in [2.45, 2.75) is 32.3 Å². The SMILES string of the molecule is CCO[C@H]1C[C@@H]2C[C@H]1[C@@H]1C[CH][CH][C@H]21. The molecule has 13 heavy (non-hydrogen) atoms. The highest BCUT2D eigenvalue weighted by molar-refractivity contribution is 5.14. The minimum atomic E-state index is 0.608. The van der Waals surface area contributed by atoms with E-state index >= 15 is 0 Å². The van der Waals surface area contributed by atoms with Crippen LogP contribution < -0.4 is 0 Å². The molecule has 0 spiro atoms. The maximum Gasteiger partial charge on any atom is 0.0608 e. The zero-order chi connectivity index (χ0) is 8.84. The molecular weight excluding hydrogens is 160 g/mol. The molecule has 0 saturated heterocycles. The van der Waals surface area contributed by atoms with Gasteiger partial charge in [0.15, 0.2) is 0 Å². The van der Waals surface area contributed by atoms with Crippen molar-refractivity contribution in [3.63, 3.8) is 0 Å². The fourth-order valence-electron chi connectivity index (χ4n) is 3.90. The van der Waals surface area contributed by atoms with E-state index in [1.807, 2.05) is 0 Å². The Balaban J connectivity index is 1.74. The molecule has 2 bridgehead atoms. The van der Waals surface area contributed by atoms with Gasteiger partial charge in [-0.05, 0) is 62.7 Å². The van der Waals surface area contributed by atoms with Crippen LogP contribution in [-0.2, 0) is 4.74 Å². The molecule has 0 aromatic heterocycles. The van der Waals surface area contributed by atoms with Crippen LogP contribution in [0, 0.1) is 36.5 Å². The quantitative estimate of drug-likeness (QED) is 0.631. The molecule has 3 rings (SSSR count). The van der Waals surface area contributed by atoms with Crippen molar-refractivity contribution in [3.05, 3.63) is 12.8 Å². The minimum absolute atomic E-state index is 0.608. The van der Waals surface area contributed by atoms with Gasteiger partial charge >= 0.3 is 0 Å². The van der Waals surface area contributed by atoms with Crippen LogP contribution in [0.5, 0.6) is 0 Å². The first kappa shape index (κ1) is 8.28. The lowest BCUT2D eigenvalue weighted by Crippen LogP contribution is -2.30. The van der Waals surface area contributed by atoms with Crippen molar-refractivity contribution in [2.24, 2.45) is 23.7 Å². The van der Waals surface area contributed by atoms with Crippen LogP contribution in [0.3, 0.4) is 0 Å². The van der Waals surface area contributed by atoms with Crippen molar-refractivity contribution in [2.75, 3.05) is 6.61 Å². The van der Waals surface area contributed by atoms with Crippen LogP contribution >= 0.6 is 0 Å². The Labute approximate surface area is 80.8 Å². The largest absolute Gasteiger partial charge is 0.378 e. The molecule has 3 aliphatic rings. The van der Waals surface area contributed by atoms with Crippen LogP contribution in [0.1, 0.15) is 26.2 Å². The highest BCUT2D eigenvalue weighted by atomic mass is 16.5. The van der Waals surface area contributed by atoms with E-state index in [0.717, 1.165) is 30.3 Å². The van der Waals surface area contributed by atoms with E-state index in [2.05, 4.69) is 19.8 Å². The average molecular weight is 178 g/mol. The summed E-state index contributed by atoms with van der Waals surface area (Å²) in [5, 5.41) is 0. The lowest BCUT2D eigenvalue weighted by Gasteiger charge is -2.31. The summed E-state index contributed by atoms with van der Waals surface area (Å²) in [6, 6.07) is 0. The van der Waals surface area contributed by atoms with Gasteiger partial charge in [-0.25, -0.2) is 0 Å². The minimum Gasteiger partial charge on any atom is -0.378 e. The van der Waals surface area contributed by atoms with Gasteiger partial charge in [-0.1, -0.05) is 0 Å². The topological polar surface area (TPSA) is 9.23 Å². The van der Waals surface area contributed by atoms with Crippen LogP contribution in [-0.4, -0.2) is 12.7 Å². The maximum absolute atomic E-state index is 5.82. The Hall–Kier alpha value is -0.0400. The van der Waals surface area contributed by atoms with E-state index in [0.29, 0.717) is 6.10 Å². The van der Waals surface area contributed by atoms with Gasteiger partial charge in [0.1, 0.15) is 0 Å². The Kier molecular flexibility index (Phi) is 1.90. The fraction of sp³-hybridized carbons (Fsp3) is 0.833. The molecule has 3 saturated carbocycles. The Morgan fingerprint density at radius 2 is 2.23 bits per heavy atom. The van der Waals surface area contributed by atoms with Crippen LogP contribution in [0.25, 0.3) is 0 Å². The third-order valence-electron chi connectivity index (χ3n) is 4.32. The molecule has 0 unspecified atom stereocenters. The molecule has 0 amide bonds. The molecule has 2 radical (unpaired) electrons. The highest BCUT2D eigenvalue weighted by Gasteiger charge is 2.54. The summed E-state index contributed by atoms with van der Waals surface area (Å²) >= 11 is 0. The average Bonchev–Trinajstić information content (AvgIpc) is 2.72. The molecule has 0 aromatic rings. The van der Waals surface area contributed by atoms with Gasteiger partial charge in [0.25, 0.3) is 0 Å². The lowest BCUT2D eigenvalue weighted by atomic mass is 9.80. The second-order valence-corrected chi connectivity index (χ2v) is 4.79. The first-order chi connectivity index (χ1) is 6.40. The van der Waals surface area contributed by atoms with Crippen molar-refractivity contribution in [1.82, 2.24) is 0 Å². The summed E-state index contributed by atoms with van der Waals surface area (Å²) in [5.74, 6) is 3.74. The molecular formula is C12H18O. The molecule has 0 N–H and O–H groups in total. The van der Waals surface area contributed by atoms with Gasteiger partial charge in [-0.15, -0.1) is 0 Å². The third-order valence-corrected chi connectivity index (χ3v) is 4.32. The first-order valence-electron chi connectivity index (χ1n) is 5.68. The normalized spacial score (nSPS) is 52.8. The van der Waals surface area contributed by atoms with Crippen molar-refractivity contribution in [3.8, 4) is 0 Å².